The van der Waals surface area contributed by atoms with Crippen molar-refractivity contribution in [3.05, 3.63) is 35.9 Å². The van der Waals surface area contributed by atoms with Crippen LogP contribution in [0.25, 0.3) is 0 Å². The van der Waals surface area contributed by atoms with Gasteiger partial charge in [0.2, 0.25) is 0 Å². The maximum atomic E-state index is 10.5. The highest BCUT2D eigenvalue weighted by atomic mass is 32.2. The molecule has 4 nitrogen and oxygen atoms in total. The molecule has 17 heavy (non-hydrogen) atoms. The molecule has 1 rings (SSSR count). The summed E-state index contributed by atoms with van der Waals surface area (Å²) >= 11 is 0. The van der Waals surface area contributed by atoms with Crippen LogP contribution in [0.2, 0.25) is 0 Å². The van der Waals surface area contributed by atoms with E-state index in [2.05, 4.69) is 17.0 Å². The van der Waals surface area contributed by atoms with Crippen LogP contribution in [0.4, 0.5) is 0 Å². The molecule has 0 amide bonds. The summed E-state index contributed by atoms with van der Waals surface area (Å²) in [4.78, 5) is 2.07. The van der Waals surface area contributed by atoms with E-state index >= 15 is 0 Å². The fourth-order valence-corrected chi connectivity index (χ4v) is 2.09. The first-order valence-corrected chi connectivity index (χ1v) is 7.26. The van der Waals surface area contributed by atoms with Gasteiger partial charge in [-0.1, -0.05) is 30.3 Å². The van der Waals surface area contributed by atoms with E-state index in [0.29, 0.717) is 13.0 Å². The van der Waals surface area contributed by atoms with Crippen LogP contribution in [0.1, 0.15) is 12.0 Å². The van der Waals surface area contributed by atoms with Crippen LogP contribution in [0.3, 0.4) is 0 Å². The van der Waals surface area contributed by atoms with Crippen molar-refractivity contribution in [2.45, 2.75) is 12.8 Å². The Balaban J connectivity index is 2.20. The van der Waals surface area contributed by atoms with Gasteiger partial charge >= 0.3 is 0 Å². The van der Waals surface area contributed by atoms with Crippen molar-refractivity contribution in [2.75, 3.05) is 25.9 Å². The number of hydrogen-bond acceptors (Lipinski definition) is 3. The van der Waals surface area contributed by atoms with E-state index in [1.54, 1.807) is 0 Å². The average Bonchev–Trinajstić information content (AvgIpc) is 2.26. The highest BCUT2D eigenvalue weighted by Crippen LogP contribution is 2.01. The van der Waals surface area contributed by atoms with Crippen molar-refractivity contribution in [3.8, 4) is 0 Å². The number of nitrogens with zero attached hydrogens (tertiary/aromatic N) is 1. The molecule has 0 heterocycles. The molecule has 0 aliphatic heterocycles. The third-order valence-corrected chi connectivity index (χ3v) is 3.37. The van der Waals surface area contributed by atoms with Crippen molar-refractivity contribution in [1.29, 1.82) is 0 Å². The minimum Gasteiger partial charge on any atom is -0.306 e. The quantitative estimate of drug-likeness (QED) is 0.751. The fourth-order valence-electron chi connectivity index (χ4n) is 1.59. The molecule has 0 aliphatic rings. The van der Waals surface area contributed by atoms with Crippen molar-refractivity contribution in [2.24, 2.45) is 0 Å². The first kappa shape index (κ1) is 14.2. The molecule has 0 fully saturated rings. The molecule has 1 N–H and O–H groups in total. The molecule has 0 saturated heterocycles. The molecule has 0 bridgehead atoms. The molecular formula is C12H19NO3S. The van der Waals surface area contributed by atoms with Crippen LogP contribution in [-0.4, -0.2) is 43.8 Å². The maximum Gasteiger partial charge on any atom is 0.264 e. The minimum absolute atomic E-state index is 0.164. The molecule has 5 heteroatoms. The summed E-state index contributed by atoms with van der Waals surface area (Å²) in [6, 6.07) is 10.2. The molecule has 1 aromatic rings. The zero-order valence-corrected chi connectivity index (χ0v) is 10.9. The van der Waals surface area contributed by atoms with Crippen LogP contribution >= 0.6 is 0 Å². The monoisotopic (exact) mass is 257 g/mol. The third-order valence-electron chi connectivity index (χ3n) is 2.57. The summed E-state index contributed by atoms with van der Waals surface area (Å²) in [6.07, 6.45) is 1.41. The van der Waals surface area contributed by atoms with Gasteiger partial charge in [-0.25, -0.2) is 0 Å². The van der Waals surface area contributed by atoms with Crippen LogP contribution in [0, 0.1) is 0 Å². The van der Waals surface area contributed by atoms with Crippen LogP contribution in [0.5, 0.6) is 0 Å². The van der Waals surface area contributed by atoms with E-state index in [0.717, 1.165) is 13.0 Å². The molecule has 0 aromatic heterocycles. The van der Waals surface area contributed by atoms with E-state index in [-0.39, 0.29) is 5.75 Å². The number of rotatable bonds is 7. The highest BCUT2D eigenvalue weighted by molar-refractivity contribution is 7.85. The molecule has 1 aromatic carbocycles. The van der Waals surface area contributed by atoms with Crippen LogP contribution in [0.15, 0.2) is 30.3 Å². The smallest absolute Gasteiger partial charge is 0.264 e. The second-order valence-corrected chi connectivity index (χ2v) is 5.75. The Bertz CT molecular complexity index is 417. The number of likely N-dealkylation sites (N-methyl/N-ethyl adjacent to an activating group) is 1. The Labute approximate surface area is 103 Å². The zero-order valence-electron chi connectivity index (χ0n) is 10.0. The lowest BCUT2D eigenvalue weighted by Gasteiger charge is -2.15. The predicted octanol–water partition coefficient (Wildman–Crippen LogP) is 1.44. The minimum atomic E-state index is -3.81. The summed E-state index contributed by atoms with van der Waals surface area (Å²) in [5.41, 5.74) is 1.27. The van der Waals surface area contributed by atoms with Crippen molar-refractivity contribution >= 4 is 10.1 Å². The molecule has 0 radical (unpaired) electrons. The van der Waals surface area contributed by atoms with Gasteiger partial charge in [0.15, 0.2) is 0 Å². The first-order chi connectivity index (χ1) is 7.97. The Kier molecular flexibility index (Phi) is 5.61. The molecule has 0 saturated carbocycles. The predicted molar refractivity (Wildman–Crippen MR) is 68.7 cm³/mol. The summed E-state index contributed by atoms with van der Waals surface area (Å²) in [5, 5.41) is 0. The van der Waals surface area contributed by atoms with Gasteiger partial charge in [0, 0.05) is 6.54 Å². The second-order valence-electron chi connectivity index (χ2n) is 4.18. The van der Waals surface area contributed by atoms with Gasteiger partial charge in [-0.3, -0.25) is 4.55 Å². The lowest BCUT2D eigenvalue weighted by atomic mass is 10.1. The summed E-state index contributed by atoms with van der Waals surface area (Å²) in [6.45, 7) is 1.56. The van der Waals surface area contributed by atoms with E-state index in [1.807, 2.05) is 25.2 Å². The Hall–Kier alpha value is -0.910. The molecule has 0 aliphatic carbocycles. The Morgan fingerprint density at radius 3 is 2.41 bits per heavy atom. The normalized spacial score (nSPS) is 11.9. The van der Waals surface area contributed by atoms with Crippen LogP contribution in [-0.2, 0) is 16.5 Å². The van der Waals surface area contributed by atoms with E-state index in [1.165, 1.54) is 5.56 Å². The third kappa shape index (κ3) is 7.10. The largest absolute Gasteiger partial charge is 0.306 e. The van der Waals surface area contributed by atoms with Gasteiger partial charge in [-0.2, -0.15) is 8.42 Å². The molecule has 0 unspecified atom stereocenters. The Morgan fingerprint density at radius 1 is 1.18 bits per heavy atom. The SMILES string of the molecule is CN(CCCS(=O)(=O)O)CCc1ccccc1. The van der Waals surface area contributed by atoms with Gasteiger partial charge < -0.3 is 4.90 Å². The highest BCUT2D eigenvalue weighted by Gasteiger charge is 2.05. The average molecular weight is 257 g/mol. The van der Waals surface area contributed by atoms with Gasteiger partial charge in [0.05, 0.1) is 5.75 Å². The second kappa shape index (κ2) is 6.74. The van der Waals surface area contributed by atoms with E-state index in [9.17, 15) is 8.42 Å². The van der Waals surface area contributed by atoms with Crippen molar-refractivity contribution in [1.82, 2.24) is 4.90 Å². The molecule has 0 spiro atoms. The standard InChI is InChI=1S/C12H19NO3S/c1-13(9-5-11-17(14,15)16)10-8-12-6-3-2-4-7-12/h2-4,6-7H,5,8-11H2,1H3,(H,14,15,16). The first-order valence-electron chi connectivity index (χ1n) is 5.65. The number of benzene rings is 1. The summed E-state index contributed by atoms with van der Waals surface area (Å²) in [7, 11) is -1.86. The maximum absolute atomic E-state index is 10.5. The van der Waals surface area contributed by atoms with Crippen molar-refractivity contribution < 1.29 is 13.0 Å². The molecular weight excluding hydrogens is 238 g/mol. The lowest BCUT2D eigenvalue weighted by Crippen LogP contribution is -2.24. The van der Waals surface area contributed by atoms with Gasteiger partial charge in [0.1, 0.15) is 0 Å². The van der Waals surface area contributed by atoms with Gasteiger partial charge in [-0.15, -0.1) is 0 Å². The van der Waals surface area contributed by atoms with Crippen LogP contribution < -0.4 is 0 Å². The topological polar surface area (TPSA) is 57.6 Å². The fraction of sp³-hybridized carbons (Fsp3) is 0.500. The van der Waals surface area contributed by atoms with E-state index < -0.39 is 10.1 Å². The van der Waals surface area contributed by atoms with Crippen molar-refractivity contribution in [3.63, 3.8) is 0 Å². The van der Waals surface area contributed by atoms with Gasteiger partial charge in [-0.05, 0) is 32.0 Å². The zero-order chi connectivity index (χ0) is 12.7. The van der Waals surface area contributed by atoms with Gasteiger partial charge in [0.25, 0.3) is 10.1 Å². The number of hydrogen-bond donors (Lipinski definition) is 1. The summed E-state index contributed by atoms with van der Waals surface area (Å²) in [5.74, 6) is -0.164. The lowest BCUT2D eigenvalue weighted by molar-refractivity contribution is 0.338. The summed E-state index contributed by atoms with van der Waals surface area (Å²) < 4.78 is 29.7. The Morgan fingerprint density at radius 2 is 1.82 bits per heavy atom. The molecule has 0 atom stereocenters. The molecule has 96 valence electrons. The van der Waals surface area contributed by atoms with E-state index in [4.69, 9.17) is 4.55 Å².